The largest absolute Gasteiger partial charge is 0.383 e. The van der Waals surface area contributed by atoms with Gasteiger partial charge in [-0.05, 0) is 38.8 Å². The first kappa shape index (κ1) is 16.2. The Morgan fingerprint density at radius 2 is 1.89 bits per heavy atom. The van der Waals surface area contributed by atoms with Crippen molar-refractivity contribution in [2.24, 2.45) is 5.73 Å². The van der Waals surface area contributed by atoms with Crippen LogP contribution in [0, 0.1) is 0 Å². The van der Waals surface area contributed by atoms with E-state index in [1.54, 1.807) is 7.11 Å². The van der Waals surface area contributed by atoms with E-state index in [-0.39, 0.29) is 0 Å². The second-order valence-corrected chi connectivity index (χ2v) is 5.29. The van der Waals surface area contributed by atoms with E-state index < -0.39 is 0 Å². The lowest BCUT2D eigenvalue weighted by Crippen LogP contribution is -2.42. The first-order valence-corrected chi connectivity index (χ1v) is 7.17. The molecule has 0 aliphatic heterocycles. The molecule has 0 amide bonds. The molecule has 1 aromatic carbocycles. The summed E-state index contributed by atoms with van der Waals surface area (Å²) in [4.78, 5) is 2.51. The minimum absolute atomic E-state index is 0.439. The summed E-state index contributed by atoms with van der Waals surface area (Å²) in [6, 6.07) is 11.6. The molecule has 0 aromatic heterocycles. The molecule has 0 radical (unpaired) electrons. The van der Waals surface area contributed by atoms with Gasteiger partial charge in [0.2, 0.25) is 0 Å². The van der Waals surface area contributed by atoms with Gasteiger partial charge in [0, 0.05) is 25.7 Å². The van der Waals surface area contributed by atoms with Crippen LogP contribution >= 0.6 is 0 Å². The molecule has 2 N–H and O–H groups in total. The highest BCUT2D eigenvalue weighted by molar-refractivity contribution is 5.14. The molecule has 3 heteroatoms. The van der Waals surface area contributed by atoms with Crippen molar-refractivity contribution in [3.8, 4) is 0 Å². The molecule has 0 bridgehead atoms. The smallest absolute Gasteiger partial charge is 0.0618 e. The Kier molecular flexibility index (Phi) is 7.72. The highest BCUT2D eigenvalue weighted by Gasteiger charge is 2.20. The fourth-order valence-corrected chi connectivity index (χ4v) is 2.42. The van der Waals surface area contributed by atoms with Gasteiger partial charge in [0.1, 0.15) is 0 Å². The molecule has 0 aliphatic rings. The van der Waals surface area contributed by atoms with Crippen LogP contribution in [0.1, 0.15) is 32.3 Å². The molecule has 3 nitrogen and oxygen atoms in total. The summed E-state index contributed by atoms with van der Waals surface area (Å²) in [5.41, 5.74) is 6.99. The van der Waals surface area contributed by atoms with E-state index in [0.29, 0.717) is 12.1 Å². The van der Waals surface area contributed by atoms with Crippen molar-refractivity contribution in [3.63, 3.8) is 0 Å². The van der Waals surface area contributed by atoms with Crippen molar-refractivity contribution in [2.45, 2.75) is 45.3 Å². The molecular weight excluding hydrogens is 236 g/mol. The van der Waals surface area contributed by atoms with Crippen LogP contribution in [0.5, 0.6) is 0 Å². The van der Waals surface area contributed by atoms with Crippen molar-refractivity contribution < 1.29 is 4.74 Å². The van der Waals surface area contributed by atoms with Gasteiger partial charge in [-0.2, -0.15) is 0 Å². The molecule has 0 fully saturated rings. The van der Waals surface area contributed by atoms with Crippen LogP contribution in [0.15, 0.2) is 30.3 Å². The zero-order valence-electron chi connectivity index (χ0n) is 12.5. The van der Waals surface area contributed by atoms with Crippen molar-refractivity contribution in [1.82, 2.24) is 4.90 Å². The molecule has 0 saturated carbocycles. The zero-order valence-corrected chi connectivity index (χ0v) is 12.5. The second-order valence-electron chi connectivity index (χ2n) is 5.29. The van der Waals surface area contributed by atoms with Crippen LogP contribution < -0.4 is 5.73 Å². The summed E-state index contributed by atoms with van der Waals surface area (Å²) in [7, 11) is 1.77. The van der Waals surface area contributed by atoms with Crippen LogP contribution in [0.25, 0.3) is 0 Å². The van der Waals surface area contributed by atoms with Gasteiger partial charge in [0.15, 0.2) is 0 Å². The molecule has 1 aromatic rings. The second kappa shape index (κ2) is 9.08. The average molecular weight is 264 g/mol. The molecule has 1 unspecified atom stereocenters. The summed E-state index contributed by atoms with van der Waals surface area (Å²) in [6.07, 6.45) is 2.14. The molecule has 1 atom stereocenters. The quantitative estimate of drug-likeness (QED) is 0.745. The molecule has 0 heterocycles. The molecule has 0 aliphatic carbocycles. The summed E-state index contributed by atoms with van der Waals surface area (Å²) in [6.45, 7) is 6.97. The van der Waals surface area contributed by atoms with Crippen molar-refractivity contribution >= 4 is 0 Å². The fraction of sp³-hybridized carbons (Fsp3) is 0.625. The van der Waals surface area contributed by atoms with Crippen molar-refractivity contribution in [1.29, 1.82) is 0 Å². The standard InChI is InChI=1S/C16H28N2O/c1-14(2)18(12-15-8-5-4-6-9-15)16(13-19-3)10-7-11-17/h4-6,8-9,14,16H,7,10-13,17H2,1-3H3. The Balaban J connectivity index is 2.72. The third-order valence-electron chi connectivity index (χ3n) is 3.44. The molecular formula is C16H28N2O. The van der Waals surface area contributed by atoms with Gasteiger partial charge in [-0.25, -0.2) is 0 Å². The van der Waals surface area contributed by atoms with E-state index in [1.807, 2.05) is 0 Å². The number of rotatable bonds is 9. The van der Waals surface area contributed by atoms with Gasteiger partial charge >= 0.3 is 0 Å². The van der Waals surface area contributed by atoms with E-state index in [1.165, 1.54) is 5.56 Å². The zero-order chi connectivity index (χ0) is 14.1. The minimum Gasteiger partial charge on any atom is -0.383 e. The normalized spacial score (nSPS) is 13.2. The van der Waals surface area contributed by atoms with E-state index in [4.69, 9.17) is 10.5 Å². The summed E-state index contributed by atoms with van der Waals surface area (Å²) in [5, 5.41) is 0. The van der Waals surface area contributed by atoms with Crippen LogP contribution in [-0.4, -0.2) is 37.2 Å². The van der Waals surface area contributed by atoms with Crippen molar-refractivity contribution in [2.75, 3.05) is 20.3 Å². The number of methoxy groups -OCH3 is 1. The van der Waals surface area contributed by atoms with E-state index in [0.717, 1.165) is 32.5 Å². The highest BCUT2D eigenvalue weighted by Crippen LogP contribution is 2.16. The van der Waals surface area contributed by atoms with Crippen LogP contribution in [0.3, 0.4) is 0 Å². The number of ether oxygens (including phenoxy) is 1. The number of nitrogens with zero attached hydrogens (tertiary/aromatic N) is 1. The first-order valence-electron chi connectivity index (χ1n) is 7.17. The van der Waals surface area contributed by atoms with Gasteiger partial charge in [-0.15, -0.1) is 0 Å². The first-order chi connectivity index (χ1) is 9.19. The Morgan fingerprint density at radius 3 is 2.42 bits per heavy atom. The third kappa shape index (κ3) is 5.72. The number of nitrogens with two attached hydrogens (primary N) is 1. The van der Waals surface area contributed by atoms with E-state index in [2.05, 4.69) is 49.1 Å². The lowest BCUT2D eigenvalue weighted by molar-refractivity contribution is 0.0587. The Bertz CT molecular complexity index is 327. The predicted molar refractivity (Wildman–Crippen MR) is 81.1 cm³/mol. The fourth-order valence-electron chi connectivity index (χ4n) is 2.42. The summed E-state index contributed by atoms with van der Waals surface area (Å²) >= 11 is 0. The average Bonchev–Trinajstić information content (AvgIpc) is 2.42. The SMILES string of the molecule is COCC(CCCN)N(Cc1ccccc1)C(C)C. The predicted octanol–water partition coefficient (Wildman–Crippen LogP) is 2.65. The van der Waals surface area contributed by atoms with Gasteiger partial charge in [0.25, 0.3) is 0 Å². The van der Waals surface area contributed by atoms with E-state index >= 15 is 0 Å². The number of hydrogen-bond acceptors (Lipinski definition) is 3. The summed E-state index contributed by atoms with van der Waals surface area (Å²) in [5.74, 6) is 0. The molecule has 0 spiro atoms. The van der Waals surface area contributed by atoms with Crippen molar-refractivity contribution in [3.05, 3.63) is 35.9 Å². The Morgan fingerprint density at radius 1 is 1.21 bits per heavy atom. The molecule has 19 heavy (non-hydrogen) atoms. The Labute approximate surface area is 117 Å². The lowest BCUT2D eigenvalue weighted by atomic mass is 10.1. The Hall–Kier alpha value is -0.900. The molecule has 1 rings (SSSR count). The lowest BCUT2D eigenvalue weighted by Gasteiger charge is -2.34. The third-order valence-corrected chi connectivity index (χ3v) is 3.44. The molecule has 0 saturated heterocycles. The van der Waals surface area contributed by atoms with Gasteiger partial charge < -0.3 is 10.5 Å². The topological polar surface area (TPSA) is 38.5 Å². The monoisotopic (exact) mass is 264 g/mol. The van der Waals surface area contributed by atoms with Crippen LogP contribution in [0.4, 0.5) is 0 Å². The van der Waals surface area contributed by atoms with Gasteiger partial charge in [0.05, 0.1) is 6.61 Å². The maximum atomic E-state index is 5.64. The minimum atomic E-state index is 0.439. The maximum Gasteiger partial charge on any atom is 0.0618 e. The van der Waals surface area contributed by atoms with E-state index in [9.17, 15) is 0 Å². The maximum absolute atomic E-state index is 5.64. The van der Waals surface area contributed by atoms with Crippen LogP contribution in [0.2, 0.25) is 0 Å². The molecule has 108 valence electrons. The number of benzene rings is 1. The van der Waals surface area contributed by atoms with Gasteiger partial charge in [-0.3, -0.25) is 4.90 Å². The van der Waals surface area contributed by atoms with Crippen LogP contribution in [-0.2, 0) is 11.3 Å². The number of hydrogen-bond donors (Lipinski definition) is 1. The van der Waals surface area contributed by atoms with Gasteiger partial charge in [-0.1, -0.05) is 30.3 Å². The highest BCUT2D eigenvalue weighted by atomic mass is 16.5. The summed E-state index contributed by atoms with van der Waals surface area (Å²) < 4.78 is 5.39.